The lowest BCUT2D eigenvalue weighted by Gasteiger charge is -2.12. The smallest absolute Gasteiger partial charge is 0.416 e. The van der Waals surface area contributed by atoms with Gasteiger partial charge in [-0.05, 0) is 36.8 Å². The molecule has 0 aromatic heterocycles. The maximum absolute atomic E-state index is 11.8. The highest BCUT2D eigenvalue weighted by molar-refractivity contribution is 5.69. The van der Waals surface area contributed by atoms with Crippen molar-refractivity contribution in [3.8, 4) is 5.75 Å². The Morgan fingerprint density at radius 1 is 1.08 bits per heavy atom. The zero-order valence-corrected chi connectivity index (χ0v) is 14.1. The molecule has 0 amide bonds. The van der Waals surface area contributed by atoms with Crippen molar-refractivity contribution in [2.45, 2.75) is 39.0 Å². The van der Waals surface area contributed by atoms with E-state index in [4.69, 9.17) is 9.84 Å². The van der Waals surface area contributed by atoms with Crippen LogP contribution >= 0.6 is 0 Å². The molecule has 1 atom stereocenters. The van der Waals surface area contributed by atoms with Crippen molar-refractivity contribution in [3.63, 3.8) is 0 Å². The van der Waals surface area contributed by atoms with Gasteiger partial charge in [0.1, 0.15) is 11.9 Å². The molecule has 3 nitrogen and oxygen atoms in total. The normalized spacial score (nSPS) is 11.9. The lowest BCUT2D eigenvalue weighted by atomic mass is 10.1. The zero-order chi connectivity index (χ0) is 18.9. The summed E-state index contributed by atoms with van der Waals surface area (Å²) in [7, 11) is 0. The van der Waals surface area contributed by atoms with Crippen molar-refractivity contribution in [1.82, 2.24) is 0 Å². The van der Waals surface area contributed by atoms with Crippen LogP contribution in [0.3, 0.4) is 0 Å². The molecule has 25 heavy (non-hydrogen) atoms. The van der Waals surface area contributed by atoms with Gasteiger partial charge in [0.05, 0.1) is 5.56 Å². The van der Waals surface area contributed by atoms with Crippen molar-refractivity contribution in [2.75, 3.05) is 0 Å². The summed E-state index contributed by atoms with van der Waals surface area (Å²) >= 11 is 0. The number of esters is 1. The molecule has 0 radical (unpaired) electrons. The molecule has 0 spiro atoms. The summed E-state index contributed by atoms with van der Waals surface area (Å²) in [5, 5.41) is 8.66. The number of aromatic hydroxyl groups is 1. The summed E-state index contributed by atoms with van der Waals surface area (Å²) in [5.74, 6) is -0.300. The lowest BCUT2D eigenvalue weighted by molar-refractivity contribution is -0.147. The molecule has 1 unspecified atom stereocenters. The molecule has 0 aliphatic heterocycles. The molecular weight excluding hydrogens is 333 g/mol. The quantitative estimate of drug-likeness (QED) is 0.788. The summed E-state index contributed by atoms with van der Waals surface area (Å²) in [6, 6.07) is 13.7. The third-order valence-electron chi connectivity index (χ3n) is 3.18. The number of carbonyl (C=O) groups is 1. The summed E-state index contributed by atoms with van der Waals surface area (Å²) in [5.41, 5.74) is 0.444. The number of hydrogen-bond acceptors (Lipinski definition) is 3. The van der Waals surface area contributed by atoms with Crippen molar-refractivity contribution in [2.24, 2.45) is 0 Å². The van der Waals surface area contributed by atoms with Crippen LogP contribution in [0.5, 0.6) is 5.75 Å². The Bertz CT molecular complexity index is 637. The Morgan fingerprint density at radius 3 is 2.12 bits per heavy atom. The summed E-state index contributed by atoms with van der Waals surface area (Å²) in [6.07, 6.45) is -3.13. The number of rotatable bonds is 4. The number of phenols is 1. The summed E-state index contributed by atoms with van der Waals surface area (Å²) < 4.78 is 40.7. The predicted molar refractivity (Wildman–Crippen MR) is 89.1 cm³/mol. The maximum Gasteiger partial charge on any atom is 0.416 e. The highest BCUT2D eigenvalue weighted by Crippen LogP contribution is 2.29. The van der Waals surface area contributed by atoms with Gasteiger partial charge < -0.3 is 9.84 Å². The number of hydrogen-bond donors (Lipinski definition) is 1. The van der Waals surface area contributed by atoms with Crippen molar-refractivity contribution >= 4 is 5.97 Å². The molecule has 0 bridgehead atoms. The van der Waals surface area contributed by atoms with Gasteiger partial charge in [0.15, 0.2) is 0 Å². The first-order valence-corrected chi connectivity index (χ1v) is 7.82. The largest absolute Gasteiger partial charge is 0.508 e. The fraction of sp³-hybridized carbons (Fsp3) is 0.316. The average molecular weight is 354 g/mol. The first-order chi connectivity index (χ1) is 11.7. The summed E-state index contributed by atoms with van der Waals surface area (Å²) in [6.45, 7) is 3.72. The molecule has 0 saturated carbocycles. The fourth-order valence-electron chi connectivity index (χ4n) is 1.95. The van der Waals surface area contributed by atoms with E-state index in [9.17, 15) is 18.0 Å². The third kappa shape index (κ3) is 8.24. The molecule has 136 valence electrons. The summed E-state index contributed by atoms with van der Waals surface area (Å²) in [4.78, 5) is 11.0. The van der Waals surface area contributed by atoms with Crippen LogP contribution in [-0.2, 0) is 22.1 Å². The van der Waals surface area contributed by atoms with Gasteiger partial charge in [-0.1, -0.05) is 37.3 Å². The molecule has 6 heteroatoms. The number of alkyl halides is 3. The zero-order valence-electron chi connectivity index (χ0n) is 14.1. The molecule has 0 fully saturated rings. The molecule has 0 aliphatic carbocycles. The van der Waals surface area contributed by atoms with E-state index in [0.717, 1.165) is 30.7 Å². The average Bonchev–Trinajstić information content (AvgIpc) is 2.55. The number of benzene rings is 2. The van der Waals surface area contributed by atoms with E-state index in [1.165, 1.54) is 5.56 Å². The Morgan fingerprint density at radius 2 is 1.64 bits per heavy atom. The Kier molecular flexibility index (Phi) is 7.98. The SMILES string of the molecule is CCC(=O)OC(C)Cc1ccccc1.Oc1ccc(C(F)(F)F)cc1. The van der Waals surface area contributed by atoms with Crippen LogP contribution in [0.1, 0.15) is 31.4 Å². The fourth-order valence-corrected chi connectivity index (χ4v) is 1.95. The first-order valence-electron chi connectivity index (χ1n) is 7.82. The lowest BCUT2D eigenvalue weighted by Crippen LogP contribution is -2.16. The van der Waals surface area contributed by atoms with Crippen LogP contribution < -0.4 is 0 Å². The number of halogens is 3. The van der Waals surface area contributed by atoms with E-state index in [1.54, 1.807) is 6.92 Å². The van der Waals surface area contributed by atoms with Crippen molar-refractivity contribution < 1.29 is 27.8 Å². The van der Waals surface area contributed by atoms with E-state index in [1.807, 2.05) is 37.3 Å². The van der Waals surface area contributed by atoms with E-state index >= 15 is 0 Å². The van der Waals surface area contributed by atoms with Gasteiger partial charge in [-0.15, -0.1) is 0 Å². The number of carbonyl (C=O) groups excluding carboxylic acids is 1. The van der Waals surface area contributed by atoms with Gasteiger partial charge in [0, 0.05) is 12.8 Å². The minimum atomic E-state index is -4.33. The molecule has 2 aromatic carbocycles. The number of ether oxygens (including phenoxy) is 1. The standard InChI is InChI=1S/C12H16O2.C7H5F3O/c1-3-12(13)14-10(2)9-11-7-5-4-6-8-11;8-7(9,10)5-1-3-6(11)4-2-5/h4-8,10H,3,9H2,1-2H3;1-4,11H. The molecular formula is C19H21F3O3. The van der Waals surface area contributed by atoms with Crippen LogP contribution in [0.4, 0.5) is 13.2 Å². The van der Waals surface area contributed by atoms with Crippen LogP contribution in [0.25, 0.3) is 0 Å². The highest BCUT2D eigenvalue weighted by atomic mass is 19.4. The Hall–Kier alpha value is -2.50. The van der Waals surface area contributed by atoms with Gasteiger partial charge in [-0.3, -0.25) is 4.79 Å². The minimum absolute atomic E-state index is 0.0372. The topological polar surface area (TPSA) is 46.5 Å². The van der Waals surface area contributed by atoms with E-state index in [0.29, 0.717) is 6.42 Å². The molecule has 0 heterocycles. The highest BCUT2D eigenvalue weighted by Gasteiger charge is 2.29. The van der Waals surface area contributed by atoms with Gasteiger partial charge in [-0.25, -0.2) is 0 Å². The van der Waals surface area contributed by atoms with Gasteiger partial charge >= 0.3 is 12.1 Å². The van der Waals surface area contributed by atoms with E-state index < -0.39 is 11.7 Å². The number of phenolic OH excluding ortho intramolecular Hbond substituents is 1. The first kappa shape index (κ1) is 20.5. The van der Waals surface area contributed by atoms with Crippen molar-refractivity contribution in [1.29, 1.82) is 0 Å². The van der Waals surface area contributed by atoms with Gasteiger partial charge in [0.25, 0.3) is 0 Å². The Balaban J connectivity index is 0.000000257. The van der Waals surface area contributed by atoms with Gasteiger partial charge in [0.2, 0.25) is 0 Å². The maximum atomic E-state index is 11.8. The van der Waals surface area contributed by atoms with Crippen LogP contribution in [-0.4, -0.2) is 17.2 Å². The van der Waals surface area contributed by atoms with Gasteiger partial charge in [-0.2, -0.15) is 13.2 Å². The van der Waals surface area contributed by atoms with Crippen LogP contribution in [0.15, 0.2) is 54.6 Å². The monoisotopic (exact) mass is 354 g/mol. The predicted octanol–water partition coefficient (Wildman–Crippen LogP) is 4.98. The third-order valence-corrected chi connectivity index (χ3v) is 3.18. The molecule has 0 aliphatic rings. The molecule has 1 N–H and O–H groups in total. The molecule has 2 aromatic rings. The second kappa shape index (κ2) is 9.71. The van der Waals surface area contributed by atoms with E-state index in [-0.39, 0.29) is 17.8 Å². The van der Waals surface area contributed by atoms with E-state index in [2.05, 4.69) is 0 Å². The second-order valence-corrected chi connectivity index (χ2v) is 5.39. The van der Waals surface area contributed by atoms with Crippen molar-refractivity contribution in [3.05, 3.63) is 65.7 Å². The molecule has 0 saturated heterocycles. The van der Waals surface area contributed by atoms with Crippen LogP contribution in [0.2, 0.25) is 0 Å². The minimum Gasteiger partial charge on any atom is -0.508 e. The molecule has 2 rings (SSSR count). The van der Waals surface area contributed by atoms with Crippen LogP contribution in [0, 0.1) is 0 Å². The Labute approximate surface area is 145 Å². The second-order valence-electron chi connectivity index (χ2n) is 5.39.